The minimum Gasteiger partial charge on any atom is -0.478 e. The molecule has 0 saturated carbocycles. The number of carbonyl (C=O) groups excluding carboxylic acids is 1. The summed E-state index contributed by atoms with van der Waals surface area (Å²) in [6, 6.07) is 21.9. The van der Waals surface area contributed by atoms with E-state index in [1.54, 1.807) is 36.5 Å². The van der Waals surface area contributed by atoms with Crippen LogP contribution in [-0.4, -0.2) is 27.0 Å². The lowest BCUT2D eigenvalue weighted by Gasteiger charge is -2.11. The van der Waals surface area contributed by atoms with Gasteiger partial charge >= 0.3 is 5.97 Å². The predicted octanol–water partition coefficient (Wildman–Crippen LogP) is 6.01. The van der Waals surface area contributed by atoms with E-state index in [-0.39, 0.29) is 17.1 Å². The maximum Gasteiger partial charge on any atom is 0.335 e. The molecule has 3 aromatic carbocycles. The first-order chi connectivity index (χ1) is 16.5. The van der Waals surface area contributed by atoms with Crippen LogP contribution in [0.15, 0.2) is 100 Å². The zero-order valence-electron chi connectivity index (χ0n) is 17.6. The van der Waals surface area contributed by atoms with Crippen molar-refractivity contribution in [3.05, 3.63) is 108 Å². The van der Waals surface area contributed by atoms with E-state index in [4.69, 9.17) is 0 Å². The number of anilines is 1. The number of carboxylic acids is 1. The standard InChI is InChI=1S/C25H18FN3O3S2/c26-20-12-5-4-7-17(20)15-33-25-27-14-21(34-19-10-2-1-3-11-19)22(29-25)23(30)28-18-9-6-8-16(13-18)24(31)32/h1-14H,15H2,(H,28,30)(H,31,32). The van der Waals surface area contributed by atoms with Gasteiger partial charge in [-0.25, -0.2) is 19.2 Å². The first-order valence-corrected chi connectivity index (χ1v) is 11.9. The van der Waals surface area contributed by atoms with Crippen molar-refractivity contribution in [2.45, 2.75) is 20.7 Å². The largest absolute Gasteiger partial charge is 0.478 e. The van der Waals surface area contributed by atoms with Gasteiger partial charge in [-0.15, -0.1) is 0 Å². The molecule has 0 saturated heterocycles. The second-order valence-corrected chi connectivity index (χ2v) is 9.06. The lowest BCUT2D eigenvalue weighted by atomic mass is 10.2. The molecule has 0 spiro atoms. The summed E-state index contributed by atoms with van der Waals surface area (Å²) in [5.41, 5.74) is 1.04. The van der Waals surface area contributed by atoms with Crippen molar-refractivity contribution in [3.8, 4) is 0 Å². The summed E-state index contributed by atoms with van der Waals surface area (Å²) in [5, 5.41) is 12.3. The number of nitrogens with one attached hydrogen (secondary N) is 1. The normalized spacial score (nSPS) is 10.6. The number of halogens is 1. The number of rotatable bonds is 8. The third-order valence-corrected chi connectivity index (χ3v) is 6.54. The van der Waals surface area contributed by atoms with Gasteiger partial charge in [-0.2, -0.15) is 0 Å². The van der Waals surface area contributed by atoms with E-state index in [0.29, 0.717) is 27.1 Å². The highest BCUT2D eigenvalue weighted by molar-refractivity contribution is 7.99. The Morgan fingerprint density at radius 3 is 2.50 bits per heavy atom. The van der Waals surface area contributed by atoms with E-state index >= 15 is 0 Å². The summed E-state index contributed by atoms with van der Waals surface area (Å²) in [6.07, 6.45) is 1.57. The molecule has 1 aromatic heterocycles. The van der Waals surface area contributed by atoms with Crippen LogP contribution in [0.2, 0.25) is 0 Å². The molecule has 1 amide bonds. The van der Waals surface area contributed by atoms with Crippen LogP contribution >= 0.6 is 23.5 Å². The average molecular weight is 492 g/mol. The molecule has 4 rings (SSSR count). The number of hydrogen-bond acceptors (Lipinski definition) is 6. The molecule has 4 aromatic rings. The Kier molecular flexibility index (Phi) is 7.56. The quantitative estimate of drug-likeness (QED) is 0.230. The van der Waals surface area contributed by atoms with Crippen molar-refractivity contribution < 1.29 is 19.1 Å². The number of benzene rings is 3. The number of amides is 1. The summed E-state index contributed by atoms with van der Waals surface area (Å²) in [4.78, 5) is 34.7. The van der Waals surface area contributed by atoms with Gasteiger partial charge in [0, 0.05) is 22.5 Å². The van der Waals surface area contributed by atoms with Crippen molar-refractivity contribution in [1.29, 1.82) is 0 Å². The SMILES string of the molecule is O=C(O)c1cccc(NC(=O)c2nc(SCc3ccccc3F)ncc2Sc2ccccc2)c1. The number of thioether (sulfide) groups is 1. The lowest BCUT2D eigenvalue weighted by molar-refractivity contribution is 0.0696. The van der Waals surface area contributed by atoms with Crippen LogP contribution in [0, 0.1) is 5.82 Å². The van der Waals surface area contributed by atoms with E-state index in [2.05, 4.69) is 15.3 Å². The molecule has 170 valence electrons. The Bertz CT molecular complexity index is 1340. The fourth-order valence-electron chi connectivity index (χ4n) is 2.96. The van der Waals surface area contributed by atoms with Crippen molar-refractivity contribution in [1.82, 2.24) is 9.97 Å². The Morgan fingerprint density at radius 1 is 0.971 bits per heavy atom. The third-order valence-electron chi connectivity index (χ3n) is 4.60. The molecule has 0 aliphatic heterocycles. The van der Waals surface area contributed by atoms with Gasteiger partial charge in [0.05, 0.1) is 10.5 Å². The van der Waals surface area contributed by atoms with Crippen LogP contribution in [0.5, 0.6) is 0 Å². The first kappa shape index (κ1) is 23.5. The van der Waals surface area contributed by atoms with Crippen LogP contribution in [-0.2, 0) is 5.75 Å². The zero-order chi connectivity index (χ0) is 23.9. The van der Waals surface area contributed by atoms with Gasteiger partial charge in [0.15, 0.2) is 5.16 Å². The van der Waals surface area contributed by atoms with Crippen LogP contribution in [0.3, 0.4) is 0 Å². The van der Waals surface area contributed by atoms with Gasteiger partial charge in [-0.3, -0.25) is 4.79 Å². The molecule has 0 unspecified atom stereocenters. The van der Waals surface area contributed by atoms with Crippen molar-refractivity contribution in [3.63, 3.8) is 0 Å². The summed E-state index contributed by atoms with van der Waals surface area (Å²) in [6.45, 7) is 0. The molecule has 6 nitrogen and oxygen atoms in total. The summed E-state index contributed by atoms with van der Waals surface area (Å²) >= 11 is 2.56. The highest BCUT2D eigenvalue weighted by atomic mass is 32.2. The van der Waals surface area contributed by atoms with Gasteiger partial charge in [-0.1, -0.05) is 66.0 Å². The van der Waals surface area contributed by atoms with Crippen LogP contribution in [0.25, 0.3) is 0 Å². The Balaban J connectivity index is 1.61. The monoisotopic (exact) mass is 491 g/mol. The van der Waals surface area contributed by atoms with E-state index < -0.39 is 11.9 Å². The molecule has 1 heterocycles. The minimum absolute atomic E-state index is 0.0560. The Labute approximate surface area is 203 Å². The maximum absolute atomic E-state index is 14.0. The van der Waals surface area contributed by atoms with E-state index in [1.165, 1.54) is 41.7 Å². The number of aromatic nitrogens is 2. The predicted molar refractivity (Wildman–Crippen MR) is 130 cm³/mol. The molecular weight excluding hydrogens is 473 g/mol. The van der Waals surface area contributed by atoms with E-state index in [0.717, 1.165) is 4.90 Å². The average Bonchev–Trinajstić information content (AvgIpc) is 2.85. The molecule has 0 aliphatic carbocycles. The van der Waals surface area contributed by atoms with Crippen molar-refractivity contribution in [2.75, 3.05) is 5.32 Å². The molecule has 0 fully saturated rings. The van der Waals surface area contributed by atoms with Gasteiger partial charge < -0.3 is 10.4 Å². The minimum atomic E-state index is -1.09. The molecule has 0 atom stereocenters. The third kappa shape index (κ3) is 6.00. The Morgan fingerprint density at radius 2 is 1.74 bits per heavy atom. The molecule has 0 radical (unpaired) electrons. The Hall–Kier alpha value is -3.69. The summed E-state index contributed by atoms with van der Waals surface area (Å²) < 4.78 is 14.0. The van der Waals surface area contributed by atoms with Gasteiger partial charge in [-0.05, 0) is 42.0 Å². The van der Waals surface area contributed by atoms with Gasteiger partial charge in [0.25, 0.3) is 5.91 Å². The number of carbonyl (C=O) groups is 2. The lowest BCUT2D eigenvalue weighted by Crippen LogP contribution is -2.16. The van der Waals surface area contributed by atoms with Crippen molar-refractivity contribution >= 4 is 41.1 Å². The highest BCUT2D eigenvalue weighted by Crippen LogP contribution is 2.31. The number of carboxylic acid groups (broad SMARTS) is 1. The number of nitrogens with zero attached hydrogens (tertiary/aromatic N) is 2. The number of hydrogen-bond donors (Lipinski definition) is 2. The fourth-order valence-corrected chi connectivity index (χ4v) is 4.64. The maximum atomic E-state index is 14.0. The summed E-state index contributed by atoms with van der Waals surface area (Å²) in [5.74, 6) is -1.61. The smallest absolute Gasteiger partial charge is 0.335 e. The molecule has 0 bridgehead atoms. The second-order valence-electron chi connectivity index (χ2n) is 7.00. The highest BCUT2D eigenvalue weighted by Gasteiger charge is 2.18. The topological polar surface area (TPSA) is 92.2 Å². The van der Waals surface area contributed by atoms with Crippen LogP contribution in [0.4, 0.5) is 10.1 Å². The molecular formula is C25H18FN3O3S2. The second kappa shape index (κ2) is 11.0. The number of aromatic carboxylic acids is 1. The molecule has 2 N–H and O–H groups in total. The molecule has 34 heavy (non-hydrogen) atoms. The van der Waals surface area contributed by atoms with E-state index in [9.17, 15) is 19.1 Å². The van der Waals surface area contributed by atoms with Crippen LogP contribution in [0.1, 0.15) is 26.4 Å². The first-order valence-electron chi connectivity index (χ1n) is 10.1. The van der Waals surface area contributed by atoms with Crippen LogP contribution < -0.4 is 5.32 Å². The summed E-state index contributed by atoms with van der Waals surface area (Å²) in [7, 11) is 0. The van der Waals surface area contributed by atoms with Crippen molar-refractivity contribution in [2.24, 2.45) is 0 Å². The van der Waals surface area contributed by atoms with Gasteiger partial charge in [0.1, 0.15) is 11.5 Å². The van der Waals surface area contributed by atoms with Gasteiger partial charge in [0.2, 0.25) is 0 Å². The van der Waals surface area contributed by atoms with E-state index in [1.807, 2.05) is 30.3 Å². The molecule has 9 heteroatoms. The fraction of sp³-hybridized carbons (Fsp3) is 0.0400. The zero-order valence-corrected chi connectivity index (χ0v) is 19.3. The molecule has 0 aliphatic rings.